The Kier molecular flexibility index (Phi) is 13.1. The van der Waals surface area contributed by atoms with Crippen LogP contribution in [0.1, 0.15) is 87.5 Å². The van der Waals surface area contributed by atoms with E-state index in [0.29, 0.717) is 11.8 Å². The van der Waals surface area contributed by atoms with Crippen LogP contribution < -0.4 is 24.8 Å². The molecule has 0 spiro atoms. The number of fused-ring (bicyclic) bond motifs is 3. The minimum absolute atomic E-state index is 0. The average Bonchev–Trinajstić information content (AvgIpc) is 3.50. The van der Waals surface area contributed by atoms with Crippen LogP contribution in [0.4, 0.5) is 0 Å². The zero-order valence-electron chi connectivity index (χ0n) is 19.7. The fourth-order valence-corrected chi connectivity index (χ4v) is 4.85. The molecule has 3 aromatic carbocycles. The van der Waals surface area contributed by atoms with Gasteiger partial charge in [-0.25, -0.2) is 12.1 Å². The van der Waals surface area contributed by atoms with Gasteiger partial charge in [-0.2, -0.15) is 42.0 Å². The van der Waals surface area contributed by atoms with Crippen molar-refractivity contribution in [2.45, 2.75) is 71.6 Å². The van der Waals surface area contributed by atoms with Crippen LogP contribution in [0.15, 0.2) is 60.7 Å². The van der Waals surface area contributed by atoms with Gasteiger partial charge in [-0.3, -0.25) is 0 Å². The molecule has 0 radical (unpaired) electrons. The Morgan fingerprint density at radius 1 is 0.844 bits per heavy atom. The minimum Gasteiger partial charge on any atom is -0.214 e. The van der Waals surface area contributed by atoms with Crippen molar-refractivity contribution in [3.63, 3.8) is 0 Å². The Bertz CT molecular complexity index is 875. The largest absolute Gasteiger partial charge is 0.214 e. The Morgan fingerprint density at radius 3 is 1.94 bits per heavy atom. The Balaban J connectivity index is 0.000000325. The fourth-order valence-electron chi connectivity index (χ4n) is 3.98. The molecule has 0 bridgehead atoms. The summed E-state index contributed by atoms with van der Waals surface area (Å²) in [5.41, 5.74) is 8.41. The van der Waals surface area contributed by atoms with Crippen molar-refractivity contribution < 1.29 is 49.0 Å². The summed E-state index contributed by atoms with van der Waals surface area (Å²) in [5, 5.41) is 0. The molecule has 0 N–H and O–H groups in total. The van der Waals surface area contributed by atoms with Crippen molar-refractivity contribution in [1.29, 1.82) is 0 Å². The summed E-state index contributed by atoms with van der Waals surface area (Å²) in [4.78, 5) is 0. The number of rotatable bonds is 2. The molecule has 32 heavy (non-hydrogen) atoms. The number of hydrogen-bond acceptors (Lipinski definition) is 0. The normalized spacial score (nSPS) is 13.2. The van der Waals surface area contributed by atoms with Gasteiger partial charge < -0.3 is 24.8 Å². The molecule has 2 aliphatic carbocycles. The van der Waals surface area contributed by atoms with Gasteiger partial charge in [0.25, 0.3) is 0 Å². The van der Waals surface area contributed by atoms with Crippen LogP contribution in [0, 0.1) is 6.07 Å². The van der Waals surface area contributed by atoms with Crippen molar-refractivity contribution in [3.05, 3.63) is 89.0 Å². The van der Waals surface area contributed by atoms with Crippen molar-refractivity contribution in [3.8, 4) is 11.1 Å². The van der Waals surface area contributed by atoms with Crippen molar-refractivity contribution in [2.75, 3.05) is 0 Å². The first-order chi connectivity index (χ1) is 14.5. The van der Waals surface area contributed by atoms with Crippen molar-refractivity contribution in [1.82, 2.24) is 0 Å². The maximum absolute atomic E-state index is 3.62. The van der Waals surface area contributed by atoms with Gasteiger partial charge in [0.05, 0.1) is 0 Å². The van der Waals surface area contributed by atoms with Crippen molar-refractivity contribution in [2.24, 2.45) is 0 Å². The molecular weight excluding hydrogens is 510 g/mol. The first-order valence-corrected chi connectivity index (χ1v) is 12.6. The predicted octanol–water partition coefficient (Wildman–Crippen LogP) is 2.00. The van der Waals surface area contributed by atoms with Gasteiger partial charge in [-0.1, -0.05) is 51.5 Å². The van der Waals surface area contributed by atoms with E-state index in [0.717, 1.165) is 6.42 Å². The smallest absolute Gasteiger partial charge is 0.172 e. The molecule has 0 amide bonds. The standard InChI is InChI=1S/C19H21.C5H8.C5H5.2ClH.Zr/c1-12(2)14-5-7-18-16(9-14)11-17-10-15(13(3)4)6-8-19(17)18;2*1-2-4-5-3-1;;;/h5-9,12-13H,11H2,1-4H3;1-4H2;1-5H;2*1H;/q-1;;-1;;;+2/p-2. The van der Waals surface area contributed by atoms with Gasteiger partial charge in [0.1, 0.15) is 0 Å². The maximum atomic E-state index is 3.62. The molecule has 0 saturated heterocycles. The molecule has 1 saturated carbocycles. The molecular formula is C29H34Cl2Zr-2. The zero-order valence-corrected chi connectivity index (χ0v) is 23.7. The molecule has 0 atom stereocenters. The Morgan fingerprint density at radius 2 is 1.47 bits per heavy atom. The summed E-state index contributed by atoms with van der Waals surface area (Å²) in [6.45, 7) is 8.98. The molecule has 2 aliphatic rings. The van der Waals surface area contributed by atoms with Crippen molar-refractivity contribution >= 4 is 3.21 Å². The molecule has 0 heterocycles. The molecule has 1 fully saturated rings. The van der Waals surface area contributed by atoms with Crippen LogP contribution in [-0.4, -0.2) is 3.21 Å². The summed E-state index contributed by atoms with van der Waals surface area (Å²) < 4.78 is 1.79. The van der Waals surface area contributed by atoms with Crippen LogP contribution >= 0.6 is 0 Å². The van der Waals surface area contributed by atoms with Gasteiger partial charge in [0.2, 0.25) is 0 Å². The molecule has 170 valence electrons. The molecule has 0 unspecified atom stereocenters. The third-order valence-electron chi connectivity index (χ3n) is 5.89. The molecule has 5 rings (SSSR count). The second kappa shape index (κ2) is 14.4. The monoisotopic (exact) mass is 542 g/mol. The molecule has 3 heteroatoms. The summed E-state index contributed by atoms with van der Waals surface area (Å²) in [7, 11) is 0. The van der Waals surface area contributed by atoms with E-state index < -0.39 is 0 Å². The summed E-state index contributed by atoms with van der Waals surface area (Å²) in [5.74, 6) is 1.16. The average molecular weight is 545 g/mol. The predicted molar refractivity (Wildman–Crippen MR) is 127 cm³/mol. The summed E-state index contributed by atoms with van der Waals surface area (Å²) in [6, 6.07) is 25.1. The van der Waals surface area contributed by atoms with E-state index >= 15 is 0 Å². The third-order valence-corrected chi connectivity index (χ3v) is 7.12. The number of hydrogen-bond donors (Lipinski definition) is 0. The third kappa shape index (κ3) is 8.16. The maximum Gasteiger partial charge on any atom is -0.172 e. The second-order valence-corrected chi connectivity index (χ2v) is 10.7. The van der Waals surface area contributed by atoms with Gasteiger partial charge in [-0.15, -0.1) is 11.1 Å². The summed E-state index contributed by atoms with van der Waals surface area (Å²) >= 11 is 1.68. The van der Waals surface area contributed by atoms with E-state index in [2.05, 4.69) is 64.1 Å². The zero-order chi connectivity index (χ0) is 21.5. The topological polar surface area (TPSA) is 0 Å². The second-order valence-electron chi connectivity index (χ2n) is 8.98. The number of halogens is 2. The van der Waals surface area contributed by atoms with E-state index in [-0.39, 0.29) is 24.8 Å². The number of benzene rings is 2. The molecule has 0 aliphatic heterocycles. The molecule has 3 aromatic rings. The molecule has 0 aromatic heterocycles. The van der Waals surface area contributed by atoms with Crippen LogP contribution in [0.3, 0.4) is 0 Å². The van der Waals surface area contributed by atoms with Crippen LogP contribution in [0.5, 0.6) is 0 Å². The van der Waals surface area contributed by atoms with Gasteiger partial charge in [0, 0.05) is 0 Å². The first-order valence-electron chi connectivity index (χ1n) is 11.4. The first kappa shape index (κ1) is 29.2. The van der Waals surface area contributed by atoms with E-state index in [9.17, 15) is 0 Å². The minimum atomic E-state index is 0. The molecule has 0 nitrogen and oxygen atoms in total. The van der Waals surface area contributed by atoms with E-state index in [1.54, 1.807) is 27.4 Å². The van der Waals surface area contributed by atoms with E-state index in [1.165, 1.54) is 59.1 Å². The van der Waals surface area contributed by atoms with Gasteiger partial charge in [0.15, 0.2) is 0 Å². The van der Waals surface area contributed by atoms with Gasteiger partial charge in [-0.05, 0) is 29.4 Å². The van der Waals surface area contributed by atoms with Crippen LogP contribution in [-0.2, 0) is 30.7 Å². The summed E-state index contributed by atoms with van der Waals surface area (Å²) in [6.07, 6.45) is 6.88. The fraction of sp³-hybridized carbons (Fsp3) is 0.379. The Hall–Kier alpha value is -0.877. The quantitative estimate of drug-likeness (QED) is 0.339. The van der Waals surface area contributed by atoms with E-state index in [4.69, 9.17) is 0 Å². The SMILES string of the molecule is CC(C)c1[c-]c2c(cc1)-c1ccc(C(C)C)cc1C2.[Cl-].[Cl-].[Zr+2]=[C]1CCCC1.c1cc[cH-]c1. The van der Waals surface area contributed by atoms with Gasteiger partial charge >= 0.3 is 53.1 Å². The van der Waals surface area contributed by atoms with Crippen LogP contribution in [0.2, 0.25) is 0 Å². The van der Waals surface area contributed by atoms with E-state index in [1.807, 2.05) is 30.3 Å². The van der Waals surface area contributed by atoms with Crippen LogP contribution in [0.25, 0.3) is 11.1 Å². The Labute approximate surface area is 222 Å².